The maximum Gasteiger partial charge on any atom is 0.254 e. The Morgan fingerprint density at radius 2 is 1.74 bits per heavy atom. The molecule has 0 aliphatic heterocycles. The summed E-state index contributed by atoms with van der Waals surface area (Å²) in [4.78, 5) is 22.8. The third-order valence-electron chi connectivity index (χ3n) is 3.08. The van der Waals surface area contributed by atoms with Gasteiger partial charge >= 0.3 is 0 Å². The highest BCUT2D eigenvalue weighted by Gasteiger charge is 2.10. The number of carbonyl (C=O) groups excluding carboxylic acids is 1. The van der Waals surface area contributed by atoms with Crippen LogP contribution < -0.4 is 11.2 Å². The highest BCUT2D eigenvalue weighted by Crippen LogP contribution is 2.20. The number of pyridine rings is 1. The van der Waals surface area contributed by atoms with E-state index < -0.39 is 5.91 Å². The lowest BCUT2D eigenvalue weighted by atomic mass is 10.0. The highest BCUT2D eigenvalue weighted by molar-refractivity contribution is 5.92. The van der Waals surface area contributed by atoms with Gasteiger partial charge in [-0.3, -0.25) is 9.59 Å². The minimum Gasteiger partial charge on any atom is -0.365 e. The van der Waals surface area contributed by atoms with E-state index in [1.54, 1.807) is 10.8 Å². The number of carbonyl (C=O) groups is 1. The van der Waals surface area contributed by atoms with Gasteiger partial charge in [0, 0.05) is 18.5 Å². The molecule has 0 aliphatic rings. The number of nitrogens with two attached hydrogens (primary N) is 1. The molecule has 19 heavy (non-hydrogen) atoms. The zero-order valence-electron chi connectivity index (χ0n) is 11.2. The molecular weight excluding hydrogens is 240 g/mol. The molecule has 0 bridgehead atoms. The van der Waals surface area contributed by atoms with Crippen LogP contribution in [0.15, 0.2) is 35.4 Å². The first-order chi connectivity index (χ1) is 8.90. The van der Waals surface area contributed by atoms with Crippen LogP contribution in [0.2, 0.25) is 0 Å². The number of aryl methyl sites for hydroxylation is 3. The van der Waals surface area contributed by atoms with Crippen molar-refractivity contribution >= 4 is 5.91 Å². The quantitative estimate of drug-likeness (QED) is 0.891. The molecule has 2 aromatic rings. The second-order valence-corrected chi connectivity index (χ2v) is 4.74. The van der Waals surface area contributed by atoms with Gasteiger partial charge in [0.2, 0.25) is 0 Å². The molecule has 0 saturated carbocycles. The molecule has 98 valence electrons. The number of amides is 1. The summed E-state index contributed by atoms with van der Waals surface area (Å²) in [5, 5.41) is 0. The third-order valence-corrected chi connectivity index (χ3v) is 3.08. The van der Waals surface area contributed by atoms with E-state index in [2.05, 4.69) is 12.1 Å². The van der Waals surface area contributed by atoms with Crippen molar-refractivity contribution in [2.75, 3.05) is 0 Å². The Kier molecular flexibility index (Phi) is 3.25. The fourth-order valence-electron chi connectivity index (χ4n) is 2.39. The van der Waals surface area contributed by atoms with Gasteiger partial charge in [0.15, 0.2) is 5.43 Å². The van der Waals surface area contributed by atoms with E-state index in [4.69, 9.17) is 5.73 Å². The smallest absolute Gasteiger partial charge is 0.254 e. The Labute approximate surface area is 111 Å². The van der Waals surface area contributed by atoms with E-state index >= 15 is 0 Å². The van der Waals surface area contributed by atoms with Crippen molar-refractivity contribution < 1.29 is 4.79 Å². The molecule has 0 spiro atoms. The molecule has 0 atom stereocenters. The Morgan fingerprint density at radius 1 is 1.16 bits per heavy atom. The van der Waals surface area contributed by atoms with E-state index in [9.17, 15) is 9.59 Å². The van der Waals surface area contributed by atoms with Gasteiger partial charge in [0.25, 0.3) is 5.91 Å². The van der Waals surface area contributed by atoms with Crippen LogP contribution in [0.5, 0.6) is 0 Å². The summed E-state index contributed by atoms with van der Waals surface area (Å²) in [6.45, 7) is 6.03. The van der Waals surface area contributed by atoms with Gasteiger partial charge in [0.1, 0.15) is 5.56 Å². The van der Waals surface area contributed by atoms with Crippen molar-refractivity contribution in [1.82, 2.24) is 4.57 Å². The van der Waals surface area contributed by atoms with Crippen LogP contribution in [0.1, 0.15) is 27.0 Å². The van der Waals surface area contributed by atoms with Crippen molar-refractivity contribution in [1.29, 1.82) is 0 Å². The maximum absolute atomic E-state index is 11.6. The van der Waals surface area contributed by atoms with Gasteiger partial charge in [-0.2, -0.15) is 0 Å². The van der Waals surface area contributed by atoms with Crippen LogP contribution in [0, 0.1) is 20.8 Å². The van der Waals surface area contributed by atoms with Gasteiger partial charge in [-0.15, -0.1) is 0 Å². The number of hydrogen-bond donors (Lipinski definition) is 1. The molecule has 1 aromatic heterocycles. The standard InChI is InChI=1S/C15H16N2O2/c1-9-6-10(2)14(11(3)7-9)17-5-4-13(18)12(8-17)15(16)19/h4-8H,1-3H3,(H2,16,19). The molecule has 4 heteroatoms. The fourth-order valence-corrected chi connectivity index (χ4v) is 2.39. The van der Waals surface area contributed by atoms with E-state index in [0.717, 1.165) is 16.8 Å². The van der Waals surface area contributed by atoms with Crippen LogP contribution in [-0.4, -0.2) is 10.5 Å². The minimum absolute atomic E-state index is 0.00174. The average molecular weight is 256 g/mol. The van der Waals surface area contributed by atoms with Gasteiger partial charge < -0.3 is 10.3 Å². The summed E-state index contributed by atoms with van der Waals surface area (Å²) in [6.07, 6.45) is 3.15. The molecule has 0 unspecified atom stereocenters. The van der Waals surface area contributed by atoms with Gasteiger partial charge in [0.05, 0.1) is 5.69 Å². The number of rotatable bonds is 2. The van der Waals surface area contributed by atoms with Gasteiger partial charge in [-0.05, 0) is 31.9 Å². The van der Waals surface area contributed by atoms with Gasteiger partial charge in [-0.1, -0.05) is 17.7 Å². The van der Waals surface area contributed by atoms with Crippen molar-refractivity contribution in [2.24, 2.45) is 5.73 Å². The van der Waals surface area contributed by atoms with Crippen molar-refractivity contribution in [3.8, 4) is 5.69 Å². The number of benzene rings is 1. The molecule has 1 amide bonds. The lowest BCUT2D eigenvalue weighted by Gasteiger charge is -2.14. The van der Waals surface area contributed by atoms with Crippen LogP contribution >= 0.6 is 0 Å². The van der Waals surface area contributed by atoms with Crippen molar-refractivity contribution in [3.05, 3.63) is 63.1 Å². The Balaban J connectivity index is 2.70. The summed E-state index contributed by atoms with van der Waals surface area (Å²) in [5.74, 6) is -0.707. The predicted molar refractivity (Wildman–Crippen MR) is 74.8 cm³/mol. The second-order valence-electron chi connectivity index (χ2n) is 4.74. The number of hydrogen-bond acceptors (Lipinski definition) is 2. The summed E-state index contributed by atoms with van der Waals surface area (Å²) >= 11 is 0. The summed E-state index contributed by atoms with van der Waals surface area (Å²) in [5.41, 5.74) is 9.16. The Bertz CT molecular complexity index is 691. The Morgan fingerprint density at radius 3 is 2.26 bits per heavy atom. The van der Waals surface area contributed by atoms with Crippen LogP contribution in [0.4, 0.5) is 0 Å². The molecular formula is C15H16N2O2. The Hall–Kier alpha value is -2.36. The first-order valence-electron chi connectivity index (χ1n) is 6.00. The summed E-state index contributed by atoms with van der Waals surface area (Å²) in [7, 11) is 0. The summed E-state index contributed by atoms with van der Waals surface area (Å²) in [6, 6.07) is 5.48. The molecule has 4 nitrogen and oxygen atoms in total. The predicted octanol–water partition coefficient (Wildman–Crippen LogP) is 1.86. The number of nitrogens with zero attached hydrogens (tertiary/aromatic N) is 1. The molecule has 0 aliphatic carbocycles. The molecule has 2 N–H and O–H groups in total. The lowest BCUT2D eigenvalue weighted by molar-refractivity contribution is 0.0998. The first-order valence-corrected chi connectivity index (χ1v) is 6.00. The van der Waals surface area contributed by atoms with Crippen molar-refractivity contribution in [3.63, 3.8) is 0 Å². The van der Waals surface area contributed by atoms with Crippen molar-refractivity contribution in [2.45, 2.75) is 20.8 Å². The van der Waals surface area contributed by atoms with E-state index in [-0.39, 0.29) is 11.0 Å². The average Bonchev–Trinajstić information content (AvgIpc) is 2.29. The monoisotopic (exact) mass is 256 g/mol. The molecule has 0 fully saturated rings. The second kappa shape index (κ2) is 4.72. The third kappa shape index (κ3) is 2.42. The molecule has 1 heterocycles. The highest BCUT2D eigenvalue weighted by atomic mass is 16.2. The lowest BCUT2D eigenvalue weighted by Crippen LogP contribution is -2.22. The maximum atomic E-state index is 11.6. The zero-order valence-corrected chi connectivity index (χ0v) is 11.2. The molecule has 2 rings (SSSR count). The topological polar surface area (TPSA) is 65.1 Å². The van der Waals surface area contributed by atoms with Crippen LogP contribution in [0.25, 0.3) is 5.69 Å². The molecule has 1 aromatic carbocycles. The number of primary amides is 1. The first kappa shape index (κ1) is 13.1. The zero-order chi connectivity index (χ0) is 14.2. The van der Waals surface area contributed by atoms with E-state index in [1.165, 1.54) is 17.8 Å². The minimum atomic E-state index is -0.707. The van der Waals surface area contributed by atoms with E-state index in [0.29, 0.717) is 0 Å². The molecule has 0 radical (unpaired) electrons. The largest absolute Gasteiger partial charge is 0.365 e. The van der Waals surface area contributed by atoms with Crippen LogP contribution in [-0.2, 0) is 0 Å². The molecule has 0 saturated heterocycles. The van der Waals surface area contributed by atoms with E-state index in [1.807, 2.05) is 20.8 Å². The summed E-state index contributed by atoms with van der Waals surface area (Å²) < 4.78 is 1.77. The fraction of sp³-hybridized carbons (Fsp3) is 0.200. The van der Waals surface area contributed by atoms with Gasteiger partial charge in [-0.25, -0.2) is 0 Å². The number of aromatic nitrogens is 1. The normalized spacial score (nSPS) is 10.5. The SMILES string of the molecule is Cc1cc(C)c(-n2ccc(=O)c(C(N)=O)c2)c(C)c1. The van der Waals surface area contributed by atoms with Crippen LogP contribution in [0.3, 0.4) is 0 Å².